The Morgan fingerprint density at radius 2 is 1.77 bits per heavy atom. The van der Waals surface area contributed by atoms with Crippen molar-refractivity contribution in [2.24, 2.45) is 0 Å². The summed E-state index contributed by atoms with van der Waals surface area (Å²) in [6.07, 6.45) is 9.59. The summed E-state index contributed by atoms with van der Waals surface area (Å²) in [7, 11) is 0. The van der Waals surface area contributed by atoms with Gasteiger partial charge in [0.15, 0.2) is 0 Å². The van der Waals surface area contributed by atoms with Gasteiger partial charge in [0.25, 0.3) is 0 Å². The summed E-state index contributed by atoms with van der Waals surface area (Å²) in [5, 5.41) is 11.8. The van der Waals surface area contributed by atoms with Gasteiger partial charge in [-0.25, -0.2) is 9.97 Å². The lowest BCUT2D eigenvalue weighted by atomic mass is 10.2. The highest BCUT2D eigenvalue weighted by molar-refractivity contribution is 5.60. The molecule has 0 saturated heterocycles. The molecule has 2 heterocycles. The molecule has 6 heteroatoms. The molecule has 0 radical (unpaired) electrons. The predicted molar refractivity (Wildman–Crippen MR) is 82.7 cm³/mol. The maximum absolute atomic E-state index is 4.44. The van der Waals surface area contributed by atoms with Gasteiger partial charge in [-0.2, -0.15) is 10.2 Å². The van der Waals surface area contributed by atoms with E-state index in [4.69, 9.17) is 0 Å². The highest BCUT2D eigenvalue weighted by Gasteiger charge is 2.26. The first kappa shape index (κ1) is 12.9. The molecular formula is C16H16N6. The maximum atomic E-state index is 4.44. The minimum absolute atomic E-state index is 0.591. The van der Waals surface area contributed by atoms with Crippen molar-refractivity contribution < 1.29 is 0 Å². The van der Waals surface area contributed by atoms with Crippen LogP contribution in [-0.4, -0.2) is 25.0 Å². The number of rotatable bonds is 5. The Hall–Kier alpha value is -2.76. The van der Waals surface area contributed by atoms with Gasteiger partial charge in [-0.3, -0.25) is 0 Å². The number of hydrogen-bond donors (Lipinski definition) is 1. The molecule has 2 aromatic heterocycles. The maximum Gasteiger partial charge on any atom is 0.131 e. The minimum atomic E-state index is 0.591. The average molecular weight is 292 g/mol. The van der Waals surface area contributed by atoms with E-state index in [1.54, 1.807) is 17.2 Å². The van der Waals surface area contributed by atoms with Crippen LogP contribution in [0.2, 0.25) is 0 Å². The zero-order chi connectivity index (χ0) is 14.8. The van der Waals surface area contributed by atoms with Crippen molar-refractivity contribution >= 4 is 5.69 Å². The first-order chi connectivity index (χ1) is 10.9. The second-order valence-electron chi connectivity index (χ2n) is 5.41. The van der Waals surface area contributed by atoms with E-state index in [1.165, 1.54) is 12.8 Å². The summed E-state index contributed by atoms with van der Waals surface area (Å²) < 4.78 is 0. The molecule has 1 fully saturated rings. The summed E-state index contributed by atoms with van der Waals surface area (Å²) in [5.74, 6) is 1.57. The fraction of sp³-hybridized carbons (Fsp3) is 0.250. The van der Waals surface area contributed by atoms with Gasteiger partial charge in [0, 0.05) is 30.4 Å². The number of aromatic nitrogens is 5. The molecule has 0 unspecified atom stereocenters. The van der Waals surface area contributed by atoms with Crippen LogP contribution < -0.4 is 5.32 Å². The molecule has 0 amide bonds. The standard InChI is InChI=1S/C16H16N6/c1-2-4-15(22-20-7-8-21-22)14(3-1)17-9-12-10-18-16(19-11-12)13-5-6-13/h1-4,7-8,10-11,13,17H,5-6,9H2. The molecule has 1 N–H and O–H groups in total. The van der Waals surface area contributed by atoms with E-state index in [2.05, 4.69) is 25.5 Å². The average Bonchev–Trinajstić information content (AvgIpc) is 3.28. The first-order valence-electron chi connectivity index (χ1n) is 7.40. The Morgan fingerprint density at radius 1 is 1.05 bits per heavy atom. The molecule has 0 bridgehead atoms. The molecule has 6 nitrogen and oxygen atoms in total. The topological polar surface area (TPSA) is 68.5 Å². The summed E-state index contributed by atoms with van der Waals surface area (Å²) in [4.78, 5) is 10.5. The predicted octanol–water partition coefficient (Wildman–Crippen LogP) is 2.55. The fourth-order valence-electron chi connectivity index (χ4n) is 2.34. The van der Waals surface area contributed by atoms with Crippen molar-refractivity contribution in [2.75, 3.05) is 5.32 Å². The van der Waals surface area contributed by atoms with Gasteiger partial charge >= 0.3 is 0 Å². The number of nitrogens with zero attached hydrogens (tertiary/aromatic N) is 5. The van der Waals surface area contributed by atoms with Gasteiger partial charge < -0.3 is 5.32 Å². The molecule has 0 aliphatic heterocycles. The number of benzene rings is 1. The Morgan fingerprint density at radius 3 is 2.50 bits per heavy atom. The molecule has 1 aliphatic rings. The molecule has 1 saturated carbocycles. The fourth-order valence-corrected chi connectivity index (χ4v) is 2.34. The molecule has 0 spiro atoms. The number of para-hydroxylation sites is 2. The zero-order valence-corrected chi connectivity index (χ0v) is 12.1. The van der Waals surface area contributed by atoms with Crippen molar-refractivity contribution in [1.82, 2.24) is 25.0 Å². The third-order valence-electron chi connectivity index (χ3n) is 3.69. The van der Waals surface area contributed by atoms with Gasteiger partial charge in [-0.1, -0.05) is 12.1 Å². The van der Waals surface area contributed by atoms with Crippen LogP contribution in [0.1, 0.15) is 30.1 Å². The molecule has 3 aromatic rings. The van der Waals surface area contributed by atoms with Crippen LogP contribution in [0.25, 0.3) is 5.69 Å². The smallest absolute Gasteiger partial charge is 0.131 e. The van der Waals surface area contributed by atoms with Gasteiger partial charge in [0.2, 0.25) is 0 Å². The Kier molecular flexibility index (Phi) is 3.27. The summed E-state index contributed by atoms with van der Waals surface area (Å²) in [5.41, 5.74) is 2.96. The lowest BCUT2D eigenvalue weighted by molar-refractivity contribution is 0.752. The van der Waals surface area contributed by atoms with Gasteiger partial charge in [0.05, 0.1) is 18.1 Å². The van der Waals surface area contributed by atoms with Crippen molar-refractivity contribution in [3.05, 3.63) is 60.4 Å². The Balaban J connectivity index is 1.49. The quantitative estimate of drug-likeness (QED) is 0.782. The summed E-state index contributed by atoms with van der Waals surface area (Å²) in [6, 6.07) is 7.95. The molecule has 1 aromatic carbocycles. The lowest BCUT2D eigenvalue weighted by Gasteiger charge is -2.11. The number of nitrogens with one attached hydrogen (secondary N) is 1. The van der Waals surface area contributed by atoms with Crippen LogP contribution in [0.4, 0.5) is 5.69 Å². The third-order valence-corrected chi connectivity index (χ3v) is 3.69. The Labute approximate surface area is 128 Å². The number of anilines is 1. The second-order valence-corrected chi connectivity index (χ2v) is 5.41. The SMILES string of the molecule is c1ccc(-n2nccn2)c(NCc2cnc(C3CC3)nc2)c1. The van der Waals surface area contributed by atoms with Crippen LogP contribution in [-0.2, 0) is 6.54 Å². The van der Waals surface area contributed by atoms with E-state index in [0.717, 1.165) is 22.8 Å². The molecule has 1 aliphatic carbocycles. The van der Waals surface area contributed by atoms with Crippen LogP contribution in [0.3, 0.4) is 0 Å². The van der Waals surface area contributed by atoms with E-state index in [1.807, 2.05) is 36.7 Å². The largest absolute Gasteiger partial charge is 0.379 e. The molecule has 4 rings (SSSR count). The van der Waals surface area contributed by atoms with Crippen molar-refractivity contribution in [3.8, 4) is 5.69 Å². The monoisotopic (exact) mass is 292 g/mol. The van der Waals surface area contributed by atoms with Crippen LogP contribution in [0, 0.1) is 0 Å². The minimum Gasteiger partial charge on any atom is -0.379 e. The van der Waals surface area contributed by atoms with Crippen molar-refractivity contribution in [2.45, 2.75) is 25.3 Å². The van der Waals surface area contributed by atoms with Crippen molar-refractivity contribution in [3.63, 3.8) is 0 Å². The highest BCUT2D eigenvalue weighted by Crippen LogP contribution is 2.37. The molecular weight excluding hydrogens is 276 g/mol. The Bertz CT molecular complexity index is 747. The van der Waals surface area contributed by atoms with Crippen LogP contribution in [0.15, 0.2) is 49.1 Å². The third kappa shape index (κ3) is 2.67. The van der Waals surface area contributed by atoms with E-state index >= 15 is 0 Å². The molecule has 110 valence electrons. The van der Waals surface area contributed by atoms with Crippen LogP contribution in [0.5, 0.6) is 0 Å². The van der Waals surface area contributed by atoms with Gasteiger partial charge in [-0.05, 0) is 25.0 Å². The van der Waals surface area contributed by atoms with Gasteiger partial charge in [-0.15, -0.1) is 4.80 Å². The first-order valence-corrected chi connectivity index (χ1v) is 7.40. The van der Waals surface area contributed by atoms with Crippen LogP contribution >= 0.6 is 0 Å². The van der Waals surface area contributed by atoms with Gasteiger partial charge in [0.1, 0.15) is 11.5 Å². The molecule has 22 heavy (non-hydrogen) atoms. The lowest BCUT2D eigenvalue weighted by Crippen LogP contribution is -2.07. The van der Waals surface area contributed by atoms with E-state index in [9.17, 15) is 0 Å². The zero-order valence-electron chi connectivity index (χ0n) is 12.1. The summed E-state index contributed by atoms with van der Waals surface area (Å²) >= 11 is 0. The van der Waals surface area contributed by atoms with E-state index in [0.29, 0.717) is 12.5 Å². The van der Waals surface area contributed by atoms with E-state index < -0.39 is 0 Å². The highest BCUT2D eigenvalue weighted by atomic mass is 15.5. The van der Waals surface area contributed by atoms with E-state index in [-0.39, 0.29) is 0 Å². The summed E-state index contributed by atoms with van der Waals surface area (Å²) in [6.45, 7) is 0.670. The number of hydrogen-bond acceptors (Lipinski definition) is 5. The van der Waals surface area contributed by atoms with Crippen molar-refractivity contribution in [1.29, 1.82) is 0 Å². The second kappa shape index (κ2) is 5.55. The normalized spacial score (nSPS) is 14.0. The molecule has 0 atom stereocenters.